The molecule has 1 saturated carbocycles. The Morgan fingerprint density at radius 3 is 2.28 bits per heavy atom. The van der Waals surface area contributed by atoms with E-state index in [0.29, 0.717) is 25.2 Å². The number of piperazine rings is 1. The second kappa shape index (κ2) is 5.75. The Morgan fingerprint density at radius 1 is 1.11 bits per heavy atom. The summed E-state index contributed by atoms with van der Waals surface area (Å²) in [4.78, 5) is 3.88. The van der Waals surface area contributed by atoms with E-state index in [1.165, 1.54) is 17.7 Å². The highest BCUT2D eigenvalue weighted by Gasteiger charge is 2.34. The summed E-state index contributed by atoms with van der Waals surface area (Å²) in [5.41, 5.74) is 0. The molecule has 6 heteroatoms. The standard InChI is InChI=1S/C12H22F3N3/c1-16-10-2-3-11(8-10)18-6-4-17(5-7-18)9-12(13,14)15/h10-11,16H,2-9H2,1H3. The molecule has 106 valence electrons. The van der Waals surface area contributed by atoms with Gasteiger partial charge in [0, 0.05) is 38.3 Å². The van der Waals surface area contributed by atoms with Crippen molar-refractivity contribution in [2.45, 2.75) is 37.5 Å². The molecule has 0 aromatic rings. The molecule has 1 aliphatic carbocycles. The fourth-order valence-corrected chi connectivity index (χ4v) is 3.09. The van der Waals surface area contributed by atoms with Crippen LogP contribution in [0, 0.1) is 0 Å². The minimum atomic E-state index is -4.06. The summed E-state index contributed by atoms with van der Waals surface area (Å²) in [7, 11) is 1.98. The van der Waals surface area contributed by atoms with Gasteiger partial charge in [0.25, 0.3) is 0 Å². The van der Waals surface area contributed by atoms with Gasteiger partial charge in [-0.05, 0) is 26.3 Å². The summed E-state index contributed by atoms with van der Waals surface area (Å²) in [6.07, 6.45) is -0.572. The topological polar surface area (TPSA) is 18.5 Å². The van der Waals surface area contributed by atoms with Crippen molar-refractivity contribution in [2.24, 2.45) is 0 Å². The molecule has 3 nitrogen and oxygen atoms in total. The largest absolute Gasteiger partial charge is 0.401 e. The Labute approximate surface area is 106 Å². The van der Waals surface area contributed by atoms with E-state index in [9.17, 15) is 13.2 Å². The van der Waals surface area contributed by atoms with Gasteiger partial charge in [0.05, 0.1) is 6.54 Å². The molecule has 2 atom stereocenters. The van der Waals surface area contributed by atoms with Crippen molar-refractivity contribution in [1.29, 1.82) is 0 Å². The van der Waals surface area contributed by atoms with Crippen LogP contribution in [0.15, 0.2) is 0 Å². The van der Waals surface area contributed by atoms with Gasteiger partial charge in [-0.2, -0.15) is 13.2 Å². The summed E-state index contributed by atoms with van der Waals surface area (Å²) >= 11 is 0. The molecule has 1 N–H and O–H groups in total. The summed E-state index contributed by atoms with van der Waals surface area (Å²) in [6, 6.07) is 1.15. The number of rotatable bonds is 3. The Bertz CT molecular complexity index is 262. The highest BCUT2D eigenvalue weighted by atomic mass is 19.4. The van der Waals surface area contributed by atoms with Crippen LogP contribution >= 0.6 is 0 Å². The second-order valence-electron chi connectivity index (χ2n) is 5.38. The predicted molar refractivity (Wildman–Crippen MR) is 64.6 cm³/mol. The van der Waals surface area contributed by atoms with Gasteiger partial charge in [-0.25, -0.2) is 0 Å². The first-order valence-corrected chi connectivity index (χ1v) is 6.68. The zero-order chi connectivity index (χ0) is 13.2. The van der Waals surface area contributed by atoms with Gasteiger partial charge < -0.3 is 5.32 Å². The summed E-state index contributed by atoms with van der Waals surface area (Å²) in [5, 5.41) is 3.29. The van der Waals surface area contributed by atoms with Crippen LogP contribution in [0.5, 0.6) is 0 Å². The number of nitrogens with one attached hydrogen (secondary N) is 1. The fourth-order valence-electron chi connectivity index (χ4n) is 3.09. The van der Waals surface area contributed by atoms with E-state index in [-0.39, 0.29) is 0 Å². The summed E-state index contributed by atoms with van der Waals surface area (Å²) < 4.78 is 36.8. The minimum absolute atomic E-state index is 0.542. The first-order chi connectivity index (χ1) is 8.48. The molecule has 0 bridgehead atoms. The van der Waals surface area contributed by atoms with Crippen LogP contribution in [0.4, 0.5) is 13.2 Å². The molecule has 0 aromatic heterocycles. The van der Waals surface area contributed by atoms with Crippen molar-refractivity contribution >= 4 is 0 Å². The molecule has 1 saturated heterocycles. The quantitative estimate of drug-likeness (QED) is 0.830. The number of hydrogen-bond acceptors (Lipinski definition) is 3. The van der Waals surface area contributed by atoms with Crippen molar-refractivity contribution in [1.82, 2.24) is 15.1 Å². The van der Waals surface area contributed by atoms with Crippen molar-refractivity contribution in [3.8, 4) is 0 Å². The predicted octanol–water partition coefficient (Wildman–Crippen LogP) is 1.31. The molecule has 18 heavy (non-hydrogen) atoms. The number of alkyl halides is 3. The monoisotopic (exact) mass is 265 g/mol. The van der Waals surface area contributed by atoms with Crippen LogP contribution in [-0.4, -0.2) is 67.8 Å². The van der Waals surface area contributed by atoms with E-state index >= 15 is 0 Å². The number of nitrogens with zero attached hydrogens (tertiary/aromatic N) is 2. The van der Waals surface area contributed by atoms with Crippen molar-refractivity contribution in [2.75, 3.05) is 39.8 Å². The minimum Gasteiger partial charge on any atom is -0.317 e. The maximum absolute atomic E-state index is 12.3. The normalized spacial score (nSPS) is 32.0. The van der Waals surface area contributed by atoms with E-state index in [2.05, 4.69) is 10.2 Å². The summed E-state index contributed by atoms with van der Waals surface area (Å²) in [5.74, 6) is 0. The van der Waals surface area contributed by atoms with E-state index in [1.807, 2.05) is 7.05 Å². The third-order valence-electron chi connectivity index (χ3n) is 4.14. The molecule has 1 heterocycles. The lowest BCUT2D eigenvalue weighted by Crippen LogP contribution is -2.51. The maximum Gasteiger partial charge on any atom is 0.401 e. The van der Waals surface area contributed by atoms with Gasteiger partial charge in [0.15, 0.2) is 0 Å². The molecule has 2 rings (SSSR count). The molecule has 0 aromatic carbocycles. The fraction of sp³-hybridized carbons (Fsp3) is 1.00. The highest BCUT2D eigenvalue weighted by molar-refractivity contribution is 4.88. The van der Waals surface area contributed by atoms with Crippen LogP contribution in [0.1, 0.15) is 19.3 Å². The van der Waals surface area contributed by atoms with Gasteiger partial charge >= 0.3 is 6.18 Å². The van der Waals surface area contributed by atoms with Gasteiger partial charge in [0.2, 0.25) is 0 Å². The third-order valence-corrected chi connectivity index (χ3v) is 4.14. The lowest BCUT2D eigenvalue weighted by atomic mass is 10.1. The molecule has 2 unspecified atom stereocenters. The lowest BCUT2D eigenvalue weighted by molar-refractivity contribution is -0.149. The van der Waals surface area contributed by atoms with Gasteiger partial charge in [-0.1, -0.05) is 0 Å². The smallest absolute Gasteiger partial charge is 0.317 e. The lowest BCUT2D eigenvalue weighted by Gasteiger charge is -2.38. The maximum atomic E-state index is 12.3. The average molecular weight is 265 g/mol. The van der Waals surface area contributed by atoms with Crippen molar-refractivity contribution in [3.63, 3.8) is 0 Å². The van der Waals surface area contributed by atoms with Crippen LogP contribution in [0.2, 0.25) is 0 Å². The molecule has 2 fully saturated rings. The Hall–Kier alpha value is -0.330. The number of hydrogen-bond donors (Lipinski definition) is 1. The first kappa shape index (κ1) is 14.1. The second-order valence-corrected chi connectivity index (χ2v) is 5.38. The number of halogens is 3. The molecular weight excluding hydrogens is 243 g/mol. The van der Waals surface area contributed by atoms with E-state index < -0.39 is 12.7 Å². The zero-order valence-electron chi connectivity index (χ0n) is 10.8. The van der Waals surface area contributed by atoms with Gasteiger partial charge in [0.1, 0.15) is 0 Å². The van der Waals surface area contributed by atoms with Crippen LogP contribution in [0.25, 0.3) is 0 Å². The van der Waals surface area contributed by atoms with Crippen LogP contribution in [0.3, 0.4) is 0 Å². The van der Waals surface area contributed by atoms with Gasteiger partial charge in [-0.3, -0.25) is 9.80 Å². The van der Waals surface area contributed by atoms with E-state index in [4.69, 9.17) is 0 Å². The highest BCUT2D eigenvalue weighted by Crippen LogP contribution is 2.25. The van der Waals surface area contributed by atoms with Gasteiger partial charge in [-0.15, -0.1) is 0 Å². The third kappa shape index (κ3) is 3.83. The molecule has 0 radical (unpaired) electrons. The van der Waals surface area contributed by atoms with Crippen LogP contribution in [-0.2, 0) is 0 Å². The van der Waals surface area contributed by atoms with E-state index in [1.54, 1.807) is 0 Å². The molecule has 0 amide bonds. The molecule has 0 spiro atoms. The Kier molecular flexibility index (Phi) is 4.50. The van der Waals surface area contributed by atoms with E-state index in [0.717, 1.165) is 19.5 Å². The first-order valence-electron chi connectivity index (χ1n) is 6.68. The Morgan fingerprint density at radius 2 is 1.78 bits per heavy atom. The Balaban J connectivity index is 1.74. The van der Waals surface area contributed by atoms with Crippen LogP contribution < -0.4 is 5.32 Å². The molecule has 1 aliphatic heterocycles. The molecular formula is C12H22F3N3. The zero-order valence-corrected chi connectivity index (χ0v) is 10.8. The van der Waals surface area contributed by atoms with Crippen molar-refractivity contribution < 1.29 is 13.2 Å². The molecule has 2 aliphatic rings. The van der Waals surface area contributed by atoms with Crippen molar-refractivity contribution in [3.05, 3.63) is 0 Å². The summed E-state index contributed by atoms with van der Waals surface area (Å²) in [6.45, 7) is 1.87. The SMILES string of the molecule is CNC1CCC(N2CCN(CC(F)(F)F)CC2)C1. The average Bonchev–Trinajstić information content (AvgIpc) is 2.76.